The largest absolute Gasteiger partial charge is 0.332 e. The second kappa shape index (κ2) is 14.2. The number of thiazole rings is 2. The van der Waals surface area contributed by atoms with Gasteiger partial charge in [0.1, 0.15) is 17.4 Å². The van der Waals surface area contributed by atoms with Crippen molar-refractivity contribution in [2.45, 2.75) is 25.7 Å². The standard InChI is InChI=1S/C37H28F2N4O3S2/c1-21(23-9-7-11-25(17-23)42-36-40-19-31(47-36)34(45)27-13-3-5-15-29(27)38)33(44)22(2)24-10-8-12-26(18-24)43-37-41-20-32(48-37)35(46)28-14-4-6-16-30(28)39/h3-22H,1-2H3,(H,40,42)(H,41,43). The molecule has 0 amide bonds. The summed E-state index contributed by atoms with van der Waals surface area (Å²) >= 11 is 2.24. The number of nitrogens with zero attached hydrogens (tertiary/aromatic N) is 2. The van der Waals surface area contributed by atoms with E-state index in [1.807, 2.05) is 62.4 Å². The van der Waals surface area contributed by atoms with Gasteiger partial charge in [0, 0.05) is 23.2 Å². The molecule has 2 aromatic heterocycles. The molecule has 0 bridgehead atoms. The second-order valence-corrected chi connectivity index (χ2v) is 13.1. The predicted octanol–water partition coefficient (Wildman–Crippen LogP) is 9.30. The maximum absolute atomic E-state index is 14.1. The molecule has 0 aliphatic carbocycles. The highest BCUT2D eigenvalue weighted by molar-refractivity contribution is 7.18. The zero-order chi connectivity index (χ0) is 33.8. The molecule has 6 rings (SSSR count). The molecule has 0 fully saturated rings. The van der Waals surface area contributed by atoms with E-state index in [4.69, 9.17) is 0 Å². The first-order chi connectivity index (χ1) is 23.2. The SMILES string of the molecule is CC(C(=O)C(C)c1cccc(Nc2ncc(C(=O)c3ccccc3F)s2)c1)c1cccc(Nc2ncc(C(=O)c3ccccc3F)s2)c1. The summed E-state index contributed by atoms with van der Waals surface area (Å²) in [5.74, 6) is -2.89. The van der Waals surface area contributed by atoms with Crippen LogP contribution in [0, 0.1) is 11.6 Å². The number of ketones is 3. The third kappa shape index (κ3) is 7.12. The summed E-state index contributed by atoms with van der Waals surface area (Å²) < 4.78 is 28.2. The number of carbonyl (C=O) groups excluding carboxylic acids is 3. The summed E-state index contributed by atoms with van der Waals surface area (Å²) in [5, 5.41) is 7.31. The van der Waals surface area contributed by atoms with E-state index in [-0.39, 0.29) is 16.9 Å². The number of Topliss-reactive ketones (excluding diaryl/α,β-unsaturated/α-hetero) is 1. The Morgan fingerprint density at radius 3 is 1.44 bits per heavy atom. The van der Waals surface area contributed by atoms with Crippen molar-refractivity contribution in [3.8, 4) is 0 Å². The van der Waals surface area contributed by atoms with Gasteiger partial charge in [0.05, 0.1) is 33.3 Å². The summed E-state index contributed by atoms with van der Waals surface area (Å²) in [6.07, 6.45) is 2.84. The Bertz CT molecular complexity index is 2000. The molecule has 240 valence electrons. The Morgan fingerprint density at radius 2 is 1.02 bits per heavy atom. The van der Waals surface area contributed by atoms with Crippen molar-refractivity contribution in [2.75, 3.05) is 10.6 Å². The van der Waals surface area contributed by atoms with Crippen LogP contribution in [-0.4, -0.2) is 27.3 Å². The highest BCUT2D eigenvalue weighted by atomic mass is 32.1. The van der Waals surface area contributed by atoms with Gasteiger partial charge in [0.25, 0.3) is 0 Å². The van der Waals surface area contributed by atoms with Gasteiger partial charge in [0.2, 0.25) is 11.6 Å². The molecule has 4 aromatic carbocycles. The van der Waals surface area contributed by atoms with Gasteiger partial charge in [-0.25, -0.2) is 18.7 Å². The fraction of sp³-hybridized carbons (Fsp3) is 0.108. The highest BCUT2D eigenvalue weighted by Gasteiger charge is 2.24. The van der Waals surface area contributed by atoms with E-state index in [0.717, 1.165) is 33.8 Å². The Labute approximate surface area is 283 Å². The molecule has 2 N–H and O–H groups in total. The first kappa shape index (κ1) is 32.5. The van der Waals surface area contributed by atoms with Crippen molar-refractivity contribution in [1.82, 2.24) is 9.97 Å². The van der Waals surface area contributed by atoms with E-state index in [2.05, 4.69) is 20.6 Å². The lowest BCUT2D eigenvalue weighted by molar-refractivity contribution is -0.121. The van der Waals surface area contributed by atoms with Gasteiger partial charge in [0.15, 0.2) is 10.3 Å². The summed E-state index contributed by atoms with van der Waals surface area (Å²) in [6.45, 7) is 3.72. The molecular weight excluding hydrogens is 651 g/mol. The van der Waals surface area contributed by atoms with Crippen molar-refractivity contribution in [3.63, 3.8) is 0 Å². The van der Waals surface area contributed by atoms with E-state index in [1.165, 1.54) is 48.8 Å². The number of benzene rings is 4. The van der Waals surface area contributed by atoms with Crippen LogP contribution in [0.4, 0.5) is 30.4 Å². The van der Waals surface area contributed by atoms with Crippen molar-refractivity contribution in [3.05, 3.63) is 153 Å². The highest BCUT2D eigenvalue weighted by Crippen LogP contribution is 2.32. The molecule has 0 aliphatic heterocycles. The molecule has 7 nitrogen and oxygen atoms in total. The average molecular weight is 679 g/mol. The summed E-state index contributed by atoms with van der Waals surface area (Å²) in [6, 6.07) is 26.5. The van der Waals surface area contributed by atoms with Crippen molar-refractivity contribution < 1.29 is 23.2 Å². The fourth-order valence-corrected chi connectivity index (χ4v) is 6.73. The maximum Gasteiger partial charge on any atom is 0.207 e. The van der Waals surface area contributed by atoms with Gasteiger partial charge in [-0.3, -0.25) is 14.4 Å². The molecule has 0 saturated carbocycles. The van der Waals surface area contributed by atoms with Crippen LogP contribution in [-0.2, 0) is 4.79 Å². The first-order valence-electron chi connectivity index (χ1n) is 15.0. The van der Waals surface area contributed by atoms with E-state index >= 15 is 0 Å². The summed E-state index contributed by atoms with van der Waals surface area (Å²) in [7, 11) is 0. The second-order valence-electron chi connectivity index (χ2n) is 11.0. The van der Waals surface area contributed by atoms with Gasteiger partial charge in [-0.05, 0) is 59.7 Å². The van der Waals surface area contributed by atoms with Gasteiger partial charge in [-0.1, -0.05) is 85.1 Å². The number of aromatic nitrogens is 2. The first-order valence-corrected chi connectivity index (χ1v) is 16.6. The number of nitrogens with one attached hydrogen (secondary N) is 2. The zero-order valence-electron chi connectivity index (χ0n) is 25.7. The lowest BCUT2D eigenvalue weighted by atomic mass is 9.85. The Hall–Kier alpha value is -5.39. The average Bonchev–Trinajstić information content (AvgIpc) is 3.77. The molecule has 0 spiro atoms. The van der Waals surface area contributed by atoms with Gasteiger partial charge >= 0.3 is 0 Å². The molecular formula is C37H28F2N4O3S2. The molecule has 0 radical (unpaired) electrons. The molecule has 0 saturated heterocycles. The van der Waals surface area contributed by atoms with Crippen LogP contribution in [0.2, 0.25) is 0 Å². The minimum Gasteiger partial charge on any atom is -0.332 e. The molecule has 48 heavy (non-hydrogen) atoms. The Morgan fingerprint density at radius 1 is 0.604 bits per heavy atom. The number of hydrogen-bond donors (Lipinski definition) is 2. The molecule has 2 atom stereocenters. The van der Waals surface area contributed by atoms with Gasteiger partial charge in [-0.2, -0.15) is 0 Å². The van der Waals surface area contributed by atoms with Crippen LogP contribution < -0.4 is 10.6 Å². The summed E-state index contributed by atoms with van der Waals surface area (Å²) in [5.41, 5.74) is 2.98. The quantitative estimate of drug-likeness (QED) is 0.124. The van der Waals surface area contributed by atoms with E-state index in [1.54, 1.807) is 12.1 Å². The number of halogens is 2. The summed E-state index contributed by atoms with van der Waals surface area (Å²) in [4.78, 5) is 48.4. The van der Waals surface area contributed by atoms with Crippen molar-refractivity contribution in [2.24, 2.45) is 0 Å². The van der Waals surface area contributed by atoms with Crippen LogP contribution in [0.5, 0.6) is 0 Å². The number of hydrogen-bond acceptors (Lipinski definition) is 9. The maximum atomic E-state index is 14.1. The van der Waals surface area contributed by atoms with Gasteiger partial charge < -0.3 is 10.6 Å². The van der Waals surface area contributed by atoms with E-state index < -0.39 is 35.0 Å². The molecule has 6 aromatic rings. The lowest BCUT2D eigenvalue weighted by Crippen LogP contribution is -2.16. The normalized spacial score (nSPS) is 12.2. The minimum atomic E-state index is -0.585. The third-order valence-electron chi connectivity index (χ3n) is 7.83. The number of carbonyl (C=O) groups is 3. The minimum absolute atomic E-state index is 0.0112. The topological polar surface area (TPSA) is 101 Å². The predicted molar refractivity (Wildman–Crippen MR) is 185 cm³/mol. The molecule has 0 aliphatic rings. The lowest BCUT2D eigenvalue weighted by Gasteiger charge is -2.18. The van der Waals surface area contributed by atoms with Crippen LogP contribution in [0.25, 0.3) is 0 Å². The smallest absolute Gasteiger partial charge is 0.207 e. The van der Waals surface area contributed by atoms with Crippen molar-refractivity contribution in [1.29, 1.82) is 0 Å². The number of anilines is 4. The third-order valence-corrected chi connectivity index (χ3v) is 9.65. The Kier molecular flexibility index (Phi) is 9.60. The number of rotatable bonds is 12. The van der Waals surface area contributed by atoms with Crippen LogP contribution in [0.15, 0.2) is 109 Å². The molecule has 11 heteroatoms. The Balaban J connectivity index is 1.11. The zero-order valence-corrected chi connectivity index (χ0v) is 27.4. The van der Waals surface area contributed by atoms with Crippen LogP contribution in [0.1, 0.15) is 67.3 Å². The monoisotopic (exact) mass is 678 g/mol. The van der Waals surface area contributed by atoms with E-state index in [9.17, 15) is 23.2 Å². The van der Waals surface area contributed by atoms with Crippen molar-refractivity contribution >= 4 is 61.7 Å². The van der Waals surface area contributed by atoms with Crippen LogP contribution >= 0.6 is 22.7 Å². The fourth-order valence-electron chi connectivity index (χ4n) is 5.15. The molecule has 2 unspecified atom stereocenters. The van der Waals surface area contributed by atoms with E-state index in [0.29, 0.717) is 31.4 Å². The van der Waals surface area contributed by atoms with Gasteiger partial charge in [-0.15, -0.1) is 0 Å². The molecule has 2 heterocycles. The van der Waals surface area contributed by atoms with Crippen LogP contribution in [0.3, 0.4) is 0 Å².